The summed E-state index contributed by atoms with van der Waals surface area (Å²) in [5.74, 6) is 1.21. The van der Waals surface area contributed by atoms with E-state index in [1.807, 2.05) is 12.1 Å². The molecule has 0 radical (unpaired) electrons. The maximum Gasteiger partial charge on any atom is 0.203 e. The van der Waals surface area contributed by atoms with Crippen molar-refractivity contribution in [3.8, 4) is 34.5 Å². The molecule has 0 saturated heterocycles. The van der Waals surface area contributed by atoms with Gasteiger partial charge in [0.25, 0.3) is 0 Å². The van der Waals surface area contributed by atoms with Gasteiger partial charge < -0.3 is 29.2 Å². The van der Waals surface area contributed by atoms with Gasteiger partial charge in [-0.15, -0.1) is 0 Å². The van der Waals surface area contributed by atoms with Crippen molar-refractivity contribution in [1.29, 1.82) is 0 Å². The molecule has 0 unspecified atom stereocenters. The van der Waals surface area contributed by atoms with Crippen molar-refractivity contribution in [2.24, 2.45) is 0 Å². The van der Waals surface area contributed by atoms with Crippen molar-refractivity contribution >= 4 is 21.5 Å². The van der Waals surface area contributed by atoms with Crippen molar-refractivity contribution < 1.29 is 29.2 Å². The number of aromatic hydroxyl groups is 2. The number of fused-ring (bicyclic) bond motifs is 3. The van der Waals surface area contributed by atoms with Crippen LogP contribution in [0.15, 0.2) is 24.3 Å². The van der Waals surface area contributed by atoms with E-state index in [0.29, 0.717) is 22.3 Å². The molecule has 0 bridgehead atoms. The third-order valence-electron chi connectivity index (χ3n) is 4.02. The normalized spacial score (nSPS) is 10.8. The Labute approximate surface area is 138 Å². The Morgan fingerprint density at radius 3 is 1.75 bits per heavy atom. The highest BCUT2D eigenvalue weighted by atomic mass is 16.5. The van der Waals surface area contributed by atoms with Crippen LogP contribution in [0.5, 0.6) is 34.5 Å². The highest BCUT2D eigenvalue weighted by molar-refractivity contribution is 6.15. The summed E-state index contributed by atoms with van der Waals surface area (Å²) in [6, 6.07) is 6.84. The fourth-order valence-corrected chi connectivity index (χ4v) is 3.03. The first kappa shape index (κ1) is 15.9. The van der Waals surface area contributed by atoms with Gasteiger partial charge in [0.2, 0.25) is 11.5 Å². The number of ether oxygens (including phenoxy) is 4. The quantitative estimate of drug-likeness (QED) is 0.714. The summed E-state index contributed by atoms with van der Waals surface area (Å²) in [7, 11) is 5.92. The molecule has 0 aliphatic carbocycles. The molecule has 126 valence electrons. The Balaban J connectivity index is 2.57. The zero-order valence-corrected chi connectivity index (χ0v) is 13.8. The van der Waals surface area contributed by atoms with Crippen LogP contribution in [-0.2, 0) is 0 Å². The predicted octanol–water partition coefficient (Wildman–Crippen LogP) is 3.44. The van der Waals surface area contributed by atoms with Gasteiger partial charge in [0.05, 0.1) is 28.4 Å². The molecule has 2 N–H and O–H groups in total. The molecule has 0 aromatic heterocycles. The maximum atomic E-state index is 10.3. The molecule has 0 aliphatic heterocycles. The topological polar surface area (TPSA) is 77.4 Å². The van der Waals surface area contributed by atoms with E-state index < -0.39 is 0 Å². The lowest BCUT2D eigenvalue weighted by atomic mass is 9.99. The van der Waals surface area contributed by atoms with Gasteiger partial charge in [0.1, 0.15) is 0 Å². The number of hydrogen-bond acceptors (Lipinski definition) is 6. The Hall–Kier alpha value is -3.02. The van der Waals surface area contributed by atoms with Gasteiger partial charge in [-0.3, -0.25) is 0 Å². The fourth-order valence-electron chi connectivity index (χ4n) is 3.03. The zero-order valence-electron chi connectivity index (χ0n) is 13.8. The SMILES string of the molecule is COc1c(O)cc2c(ccc3cc(O)c(OC)c(OC)c32)c1OC. The van der Waals surface area contributed by atoms with Crippen molar-refractivity contribution in [3.05, 3.63) is 24.3 Å². The summed E-state index contributed by atoms with van der Waals surface area (Å²) >= 11 is 0. The lowest BCUT2D eigenvalue weighted by Crippen LogP contribution is -1.95. The Kier molecular flexibility index (Phi) is 3.89. The highest BCUT2D eigenvalue weighted by Crippen LogP contribution is 2.50. The molecule has 3 aromatic carbocycles. The number of phenols is 2. The van der Waals surface area contributed by atoms with Crippen molar-refractivity contribution in [1.82, 2.24) is 0 Å². The maximum absolute atomic E-state index is 10.3. The lowest BCUT2D eigenvalue weighted by molar-refractivity contribution is 0.335. The van der Waals surface area contributed by atoms with E-state index in [-0.39, 0.29) is 23.0 Å². The lowest BCUT2D eigenvalue weighted by Gasteiger charge is -2.17. The molecule has 0 atom stereocenters. The monoisotopic (exact) mass is 330 g/mol. The van der Waals surface area contributed by atoms with Gasteiger partial charge in [-0.25, -0.2) is 0 Å². The number of phenolic OH excluding ortho intramolecular Hbond substituents is 2. The molecule has 0 amide bonds. The molecule has 6 nitrogen and oxygen atoms in total. The van der Waals surface area contributed by atoms with E-state index in [4.69, 9.17) is 18.9 Å². The smallest absolute Gasteiger partial charge is 0.203 e. The summed E-state index contributed by atoms with van der Waals surface area (Å²) in [6.07, 6.45) is 0. The summed E-state index contributed by atoms with van der Waals surface area (Å²) in [6.45, 7) is 0. The second-order valence-corrected chi connectivity index (χ2v) is 5.18. The standard InChI is InChI=1S/C18H18O6/c1-21-15-10-6-5-9-7-12(19)17(23-3)18(24-4)14(9)11(10)8-13(20)16(15)22-2/h5-8,19-20H,1-4H3. The third kappa shape index (κ3) is 2.11. The molecule has 0 fully saturated rings. The Morgan fingerprint density at radius 2 is 1.17 bits per heavy atom. The number of methoxy groups -OCH3 is 4. The number of hydrogen-bond donors (Lipinski definition) is 2. The molecule has 3 aromatic rings. The van der Waals surface area contributed by atoms with E-state index in [9.17, 15) is 10.2 Å². The van der Waals surface area contributed by atoms with Crippen molar-refractivity contribution in [2.75, 3.05) is 28.4 Å². The first-order chi connectivity index (χ1) is 11.6. The van der Waals surface area contributed by atoms with E-state index in [0.717, 1.165) is 10.8 Å². The van der Waals surface area contributed by atoms with E-state index in [2.05, 4.69) is 0 Å². The number of rotatable bonds is 4. The van der Waals surface area contributed by atoms with Crippen LogP contribution in [0.2, 0.25) is 0 Å². The van der Waals surface area contributed by atoms with Gasteiger partial charge in [-0.05, 0) is 23.6 Å². The Morgan fingerprint density at radius 1 is 0.625 bits per heavy atom. The van der Waals surface area contributed by atoms with Gasteiger partial charge in [0, 0.05) is 16.2 Å². The summed E-state index contributed by atoms with van der Waals surface area (Å²) in [4.78, 5) is 0. The highest BCUT2D eigenvalue weighted by Gasteiger charge is 2.21. The Bertz CT molecular complexity index is 932. The molecule has 24 heavy (non-hydrogen) atoms. The second-order valence-electron chi connectivity index (χ2n) is 5.18. The molecule has 0 saturated carbocycles. The van der Waals surface area contributed by atoms with Crippen LogP contribution in [-0.4, -0.2) is 38.7 Å². The van der Waals surface area contributed by atoms with Crippen LogP contribution < -0.4 is 18.9 Å². The minimum atomic E-state index is -0.0524. The summed E-state index contributed by atoms with van der Waals surface area (Å²) < 4.78 is 21.4. The summed E-state index contributed by atoms with van der Waals surface area (Å²) in [5, 5.41) is 23.3. The zero-order chi connectivity index (χ0) is 17.4. The molecule has 0 heterocycles. The summed E-state index contributed by atoms with van der Waals surface area (Å²) in [5.41, 5.74) is 0. The molecular formula is C18H18O6. The van der Waals surface area contributed by atoms with Gasteiger partial charge >= 0.3 is 0 Å². The average Bonchev–Trinajstić information content (AvgIpc) is 2.58. The molecule has 6 heteroatoms. The first-order valence-corrected chi connectivity index (χ1v) is 7.21. The second kappa shape index (κ2) is 5.88. The largest absolute Gasteiger partial charge is 0.504 e. The fraction of sp³-hybridized carbons (Fsp3) is 0.222. The molecular weight excluding hydrogens is 312 g/mol. The van der Waals surface area contributed by atoms with Crippen molar-refractivity contribution in [3.63, 3.8) is 0 Å². The van der Waals surface area contributed by atoms with Gasteiger partial charge in [-0.1, -0.05) is 6.07 Å². The van der Waals surface area contributed by atoms with Crippen LogP contribution >= 0.6 is 0 Å². The van der Waals surface area contributed by atoms with Crippen LogP contribution in [0.1, 0.15) is 0 Å². The first-order valence-electron chi connectivity index (χ1n) is 7.21. The molecule has 0 spiro atoms. The average molecular weight is 330 g/mol. The van der Waals surface area contributed by atoms with Crippen molar-refractivity contribution in [2.45, 2.75) is 0 Å². The predicted molar refractivity (Wildman–Crippen MR) is 91.0 cm³/mol. The van der Waals surface area contributed by atoms with Crippen LogP contribution in [0, 0.1) is 0 Å². The van der Waals surface area contributed by atoms with Crippen LogP contribution in [0.3, 0.4) is 0 Å². The van der Waals surface area contributed by atoms with E-state index in [1.54, 1.807) is 12.1 Å². The van der Waals surface area contributed by atoms with Gasteiger partial charge in [0.15, 0.2) is 23.0 Å². The van der Waals surface area contributed by atoms with E-state index in [1.165, 1.54) is 28.4 Å². The molecule has 0 aliphatic rings. The third-order valence-corrected chi connectivity index (χ3v) is 4.02. The van der Waals surface area contributed by atoms with Crippen LogP contribution in [0.4, 0.5) is 0 Å². The van der Waals surface area contributed by atoms with Crippen LogP contribution in [0.25, 0.3) is 21.5 Å². The molecule has 3 rings (SSSR count). The van der Waals surface area contributed by atoms with Gasteiger partial charge in [-0.2, -0.15) is 0 Å². The minimum absolute atomic E-state index is 0.0223. The number of benzene rings is 3. The minimum Gasteiger partial charge on any atom is -0.504 e. The van der Waals surface area contributed by atoms with E-state index >= 15 is 0 Å².